The molecule has 1 amide bonds. The summed E-state index contributed by atoms with van der Waals surface area (Å²) in [5.74, 6) is -0.0498. The molecule has 0 bridgehead atoms. The fourth-order valence-electron chi connectivity index (χ4n) is 2.65. The van der Waals surface area contributed by atoms with Crippen molar-refractivity contribution in [3.63, 3.8) is 0 Å². The number of amides is 1. The zero-order chi connectivity index (χ0) is 15.7. The van der Waals surface area contributed by atoms with Gasteiger partial charge in [0.05, 0.1) is 0 Å². The molecule has 0 radical (unpaired) electrons. The summed E-state index contributed by atoms with van der Waals surface area (Å²) in [6.07, 6.45) is 1.50. The van der Waals surface area contributed by atoms with Gasteiger partial charge in [-0.25, -0.2) is 4.39 Å². The first-order chi connectivity index (χ1) is 10.5. The summed E-state index contributed by atoms with van der Waals surface area (Å²) in [4.78, 5) is 18.3. The van der Waals surface area contributed by atoms with E-state index in [0.717, 1.165) is 25.0 Å². The van der Waals surface area contributed by atoms with E-state index < -0.39 is 11.6 Å². The molecule has 0 unspecified atom stereocenters. The van der Waals surface area contributed by atoms with Crippen LogP contribution in [0.25, 0.3) is 0 Å². The minimum atomic E-state index is -0.734. The first kappa shape index (κ1) is 14.5. The van der Waals surface area contributed by atoms with Gasteiger partial charge in [0.25, 0.3) is 5.91 Å². The van der Waals surface area contributed by atoms with Gasteiger partial charge in [-0.2, -0.15) is 4.98 Å². The normalized spacial score (nSPS) is 16.0. The van der Waals surface area contributed by atoms with Gasteiger partial charge in [0.2, 0.25) is 5.89 Å². The molecule has 1 saturated heterocycles. The van der Waals surface area contributed by atoms with Gasteiger partial charge in [0.1, 0.15) is 0 Å². The number of aromatic hydroxyl groups is 1. The molecule has 0 atom stereocenters. The van der Waals surface area contributed by atoms with E-state index >= 15 is 0 Å². The summed E-state index contributed by atoms with van der Waals surface area (Å²) >= 11 is 0. The highest BCUT2D eigenvalue weighted by molar-refractivity contribution is 5.94. The average Bonchev–Trinajstić information content (AvgIpc) is 2.96. The smallest absolute Gasteiger partial charge is 0.253 e. The van der Waals surface area contributed by atoms with Crippen molar-refractivity contribution in [1.29, 1.82) is 0 Å². The molecule has 0 aliphatic carbocycles. The Morgan fingerprint density at radius 2 is 2.14 bits per heavy atom. The van der Waals surface area contributed by atoms with E-state index in [1.807, 2.05) is 0 Å². The number of benzene rings is 1. The molecule has 3 rings (SSSR count). The van der Waals surface area contributed by atoms with E-state index in [1.54, 1.807) is 11.8 Å². The van der Waals surface area contributed by atoms with Gasteiger partial charge < -0.3 is 14.5 Å². The van der Waals surface area contributed by atoms with Gasteiger partial charge in [-0.05, 0) is 31.0 Å². The molecule has 1 aliphatic rings. The number of aromatic nitrogens is 2. The van der Waals surface area contributed by atoms with Crippen LogP contribution in [0.5, 0.6) is 5.75 Å². The number of hydrogen-bond donors (Lipinski definition) is 1. The molecule has 0 saturated carbocycles. The number of carbonyl (C=O) groups excluding carboxylic acids is 1. The second kappa shape index (κ2) is 5.75. The lowest BCUT2D eigenvalue weighted by molar-refractivity contribution is 0.0710. The van der Waals surface area contributed by atoms with Crippen LogP contribution >= 0.6 is 0 Å². The quantitative estimate of drug-likeness (QED) is 0.920. The van der Waals surface area contributed by atoms with E-state index in [9.17, 15) is 14.3 Å². The van der Waals surface area contributed by atoms with Crippen molar-refractivity contribution in [2.45, 2.75) is 25.7 Å². The SMILES string of the molecule is Cc1nc(C2CCN(C(=O)c3ccc(F)c(O)c3)CC2)no1. The number of phenolic OH excluding ortho intramolecular Hbond substituents is 1. The first-order valence-electron chi connectivity index (χ1n) is 7.12. The predicted molar refractivity (Wildman–Crippen MR) is 75.0 cm³/mol. The second-order valence-corrected chi connectivity index (χ2v) is 5.40. The van der Waals surface area contributed by atoms with Crippen LogP contribution in [0.1, 0.15) is 40.8 Å². The topological polar surface area (TPSA) is 79.5 Å². The molecular formula is C15H16FN3O3. The van der Waals surface area contributed by atoms with Gasteiger partial charge in [0, 0.05) is 31.5 Å². The summed E-state index contributed by atoms with van der Waals surface area (Å²) in [5, 5.41) is 13.3. The standard InChI is InChI=1S/C15H16FN3O3/c1-9-17-14(18-22-9)10-4-6-19(7-5-10)15(21)11-2-3-12(16)13(20)8-11/h2-3,8,10,20H,4-7H2,1H3. The van der Waals surface area contributed by atoms with Crippen molar-refractivity contribution in [2.75, 3.05) is 13.1 Å². The van der Waals surface area contributed by atoms with Crippen LogP contribution in [-0.4, -0.2) is 39.1 Å². The van der Waals surface area contributed by atoms with Crippen LogP contribution in [0.2, 0.25) is 0 Å². The van der Waals surface area contributed by atoms with Gasteiger partial charge >= 0.3 is 0 Å². The Morgan fingerprint density at radius 3 is 2.73 bits per heavy atom. The van der Waals surface area contributed by atoms with Crippen molar-refractivity contribution in [3.8, 4) is 5.75 Å². The van der Waals surface area contributed by atoms with Crippen molar-refractivity contribution < 1.29 is 18.8 Å². The third kappa shape index (κ3) is 2.79. The molecule has 1 aliphatic heterocycles. The molecule has 7 heteroatoms. The van der Waals surface area contributed by atoms with Gasteiger partial charge in [-0.3, -0.25) is 4.79 Å². The van der Waals surface area contributed by atoms with Crippen LogP contribution in [0.4, 0.5) is 4.39 Å². The maximum Gasteiger partial charge on any atom is 0.253 e. The van der Waals surface area contributed by atoms with Crippen LogP contribution < -0.4 is 0 Å². The Balaban J connectivity index is 1.65. The summed E-state index contributed by atoms with van der Waals surface area (Å²) in [5.41, 5.74) is 0.285. The molecule has 1 N–H and O–H groups in total. The average molecular weight is 305 g/mol. The van der Waals surface area contributed by atoms with Gasteiger partial charge in [-0.15, -0.1) is 0 Å². The van der Waals surface area contributed by atoms with Crippen LogP contribution in [-0.2, 0) is 0 Å². The Morgan fingerprint density at radius 1 is 1.41 bits per heavy atom. The Bertz CT molecular complexity index is 693. The second-order valence-electron chi connectivity index (χ2n) is 5.40. The van der Waals surface area contributed by atoms with Crippen LogP contribution in [0, 0.1) is 12.7 Å². The van der Waals surface area contributed by atoms with E-state index in [-0.39, 0.29) is 17.4 Å². The van der Waals surface area contributed by atoms with Crippen molar-refractivity contribution in [2.24, 2.45) is 0 Å². The highest BCUT2D eigenvalue weighted by Crippen LogP contribution is 2.27. The number of piperidine rings is 1. The van der Waals surface area contributed by atoms with E-state index in [4.69, 9.17) is 4.52 Å². The fourth-order valence-corrected chi connectivity index (χ4v) is 2.65. The number of likely N-dealkylation sites (tertiary alicyclic amines) is 1. The number of phenols is 1. The third-order valence-corrected chi connectivity index (χ3v) is 3.88. The number of rotatable bonds is 2. The maximum atomic E-state index is 13.0. The molecule has 1 fully saturated rings. The monoisotopic (exact) mass is 305 g/mol. The zero-order valence-corrected chi connectivity index (χ0v) is 12.1. The molecule has 1 aromatic heterocycles. The lowest BCUT2D eigenvalue weighted by Crippen LogP contribution is -2.38. The van der Waals surface area contributed by atoms with Crippen molar-refractivity contribution in [3.05, 3.63) is 41.3 Å². The Hall–Kier alpha value is -2.44. The first-order valence-corrected chi connectivity index (χ1v) is 7.12. The number of carbonyl (C=O) groups is 1. The molecule has 1 aromatic carbocycles. The van der Waals surface area contributed by atoms with E-state index in [2.05, 4.69) is 10.1 Å². The molecule has 6 nitrogen and oxygen atoms in total. The minimum absolute atomic E-state index is 0.183. The zero-order valence-electron chi connectivity index (χ0n) is 12.1. The highest BCUT2D eigenvalue weighted by Gasteiger charge is 2.27. The highest BCUT2D eigenvalue weighted by atomic mass is 19.1. The summed E-state index contributed by atoms with van der Waals surface area (Å²) in [7, 11) is 0. The third-order valence-electron chi connectivity index (χ3n) is 3.88. The van der Waals surface area contributed by atoms with Crippen molar-refractivity contribution >= 4 is 5.91 Å². The summed E-state index contributed by atoms with van der Waals surface area (Å²) < 4.78 is 18.0. The number of hydrogen-bond acceptors (Lipinski definition) is 5. The summed E-state index contributed by atoms with van der Waals surface area (Å²) in [6.45, 7) is 2.88. The Kier molecular flexibility index (Phi) is 3.79. The molecular weight excluding hydrogens is 289 g/mol. The predicted octanol–water partition coefficient (Wildman–Crippen LogP) is 2.24. The lowest BCUT2D eigenvalue weighted by atomic mass is 9.95. The number of aryl methyl sites for hydroxylation is 1. The molecule has 116 valence electrons. The molecule has 2 aromatic rings. The number of halogens is 1. The molecule has 0 spiro atoms. The van der Waals surface area contributed by atoms with Crippen LogP contribution in [0.15, 0.2) is 22.7 Å². The molecule has 2 heterocycles. The maximum absolute atomic E-state index is 13.0. The number of nitrogens with zero attached hydrogens (tertiary/aromatic N) is 3. The van der Waals surface area contributed by atoms with Gasteiger partial charge in [0.15, 0.2) is 17.4 Å². The Labute approximate surface area is 126 Å². The van der Waals surface area contributed by atoms with Crippen molar-refractivity contribution in [1.82, 2.24) is 15.0 Å². The van der Waals surface area contributed by atoms with Gasteiger partial charge in [-0.1, -0.05) is 5.16 Å². The fraction of sp³-hybridized carbons (Fsp3) is 0.400. The largest absolute Gasteiger partial charge is 0.505 e. The summed E-state index contributed by atoms with van der Waals surface area (Å²) in [6, 6.07) is 3.63. The molecule has 22 heavy (non-hydrogen) atoms. The van der Waals surface area contributed by atoms with E-state index in [1.165, 1.54) is 6.07 Å². The lowest BCUT2D eigenvalue weighted by Gasteiger charge is -2.30. The van der Waals surface area contributed by atoms with E-state index in [0.29, 0.717) is 24.8 Å². The van der Waals surface area contributed by atoms with Crippen LogP contribution in [0.3, 0.4) is 0 Å². The minimum Gasteiger partial charge on any atom is -0.505 e.